The van der Waals surface area contributed by atoms with E-state index < -0.39 is 5.41 Å². The average molecular weight is 817 g/mol. The maximum absolute atomic E-state index is 6.31. The molecule has 3 nitrogen and oxygen atoms in total. The van der Waals surface area contributed by atoms with Gasteiger partial charge in [0.2, 0.25) is 0 Å². The highest BCUT2D eigenvalue weighted by Gasteiger charge is 2.46. The van der Waals surface area contributed by atoms with E-state index >= 15 is 0 Å². The highest BCUT2D eigenvalue weighted by atomic mass is 16.3. The highest BCUT2D eigenvalue weighted by Crippen LogP contribution is 2.57. The molecule has 1 aliphatic rings. The zero-order chi connectivity index (χ0) is 42.2. The van der Waals surface area contributed by atoms with Crippen molar-refractivity contribution < 1.29 is 4.42 Å². The Balaban J connectivity index is 1.02. The van der Waals surface area contributed by atoms with Gasteiger partial charge in [-0.05, 0) is 111 Å². The monoisotopic (exact) mass is 816 g/mol. The van der Waals surface area contributed by atoms with Gasteiger partial charge < -0.3 is 13.9 Å². The molecule has 64 heavy (non-hydrogen) atoms. The highest BCUT2D eigenvalue weighted by molar-refractivity contribution is 6.12. The van der Waals surface area contributed by atoms with Crippen LogP contribution in [0.3, 0.4) is 0 Å². The van der Waals surface area contributed by atoms with Crippen LogP contribution in [-0.2, 0) is 5.41 Å². The van der Waals surface area contributed by atoms with Gasteiger partial charge in [-0.2, -0.15) is 0 Å². The predicted octanol–water partition coefficient (Wildman–Crippen LogP) is 16.2. The Morgan fingerprint density at radius 1 is 0.359 bits per heavy atom. The molecule has 0 N–H and O–H groups in total. The molecule has 2 heterocycles. The Hall–Kier alpha value is -8.40. The molecule has 0 fully saturated rings. The Labute approximate surface area is 371 Å². The topological polar surface area (TPSA) is 21.3 Å². The van der Waals surface area contributed by atoms with Gasteiger partial charge in [-0.1, -0.05) is 176 Å². The van der Waals surface area contributed by atoms with E-state index in [4.69, 9.17) is 4.42 Å². The van der Waals surface area contributed by atoms with Crippen LogP contribution in [0.5, 0.6) is 0 Å². The predicted molar refractivity (Wildman–Crippen MR) is 265 cm³/mol. The number of benzene rings is 10. The van der Waals surface area contributed by atoms with E-state index in [0.29, 0.717) is 0 Å². The first-order valence-corrected chi connectivity index (χ1v) is 22.0. The fourth-order valence-electron chi connectivity index (χ4n) is 10.8. The quantitative estimate of drug-likeness (QED) is 0.160. The van der Waals surface area contributed by atoms with E-state index in [1.165, 1.54) is 55.2 Å². The summed E-state index contributed by atoms with van der Waals surface area (Å²) in [5.74, 6) is 0. The van der Waals surface area contributed by atoms with Gasteiger partial charge in [-0.3, -0.25) is 0 Å². The van der Waals surface area contributed by atoms with Crippen LogP contribution in [0.2, 0.25) is 0 Å². The lowest BCUT2D eigenvalue weighted by Gasteiger charge is -2.34. The number of nitrogens with zero attached hydrogens (tertiary/aromatic N) is 2. The lowest BCUT2D eigenvalue weighted by atomic mass is 9.68. The summed E-state index contributed by atoms with van der Waals surface area (Å²) in [4.78, 5) is 2.42. The van der Waals surface area contributed by atoms with Crippen LogP contribution in [-0.4, -0.2) is 4.57 Å². The van der Waals surface area contributed by atoms with Crippen molar-refractivity contribution in [2.45, 2.75) is 5.41 Å². The lowest BCUT2D eigenvalue weighted by molar-refractivity contribution is 0.669. The molecule has 0 saturated heterocycles. The van der Waals surface area contributed by atoms with Gasteiger partial charge in [0.15, 0.2) is 0 Å². The average Bonchev–Trinajstić information content (AvgIpc) is 4.02. The van der Waals surface area contributed by atoms with Crippen molar-refractivity contribution in [1.82, 2.24) is 4.57 Å². The van der Waals surface area contributed by atoms with E-state index in [-0.39, 0.29) is 0 Å². The van der Waals surface area contributed by atoms with E-state index in [0.717, 1.165) is 55.8 Å². The number of anilines is 3. The smallest absolute Gasteiger partial charge is 0.136 e. The number of furan rings is 1. The molecule has 0 radical (unpaired) electrons. The zero-order valence-corrected chi connectivity index (χ0v) is 34.9. The first-order valence-electron chi connectivity index (χ1n) is 22.0. The number of fused-ring (bicyclic) bond motifs is 9. The Morgan fingerprint density at radius 2 is 0.906 bits per heavy atom. The first-order chi connectivity index (χ1) is 31.8. The second-order valence-corrected chi connectivity index (χ2v) is 16.8. The molecule has 10 aromatic carbocycles. The summed E-state index contributed by atoms with van der Waals surface area (Å²) >= 11 is 0. The molecule has 13 rings (SSSR count). The fraction of sp³-hybridized carbons (Fsp3) is 0.0164. The van der Waals surface area contributed by atoms with Crippen molar-refractivity contribution in [3.63, 3.8) is 0 Å². The summed E-state index contributed by atoms with van der Waals surface area (Å²) in [6, 6.07) is 88.3. The molecule has 0 saturated carbocycles. The molecule has 0 bridgehead atoms. The molecule has 0 atom stereocenters. The van der Waals surface area contributed by atoms with Gasteiger partial charge in [-0.25, -0.2) is 0 Å². The maximum atomic E-state index is 6.31. The Morgan fingerprint density at radius 3 is 1.64 bits per heavy atom. The van der Waals surface area contributed by atoms with Crippen LogP contribution < -0.4 is 4.90 Å². The van der Waals surface area contributed by atoms with Gasteiger partial charge in [0.1, 0.15) is 11.2 Å². The van der Waals surface area contributed by atoms with E-state index in [2.05, 4.69) is 240 Å². The van der Waals surface area contributed by atoms with Crippen molar-refractivity contribution in [2.75, 3.05) is 4.90 Å². The van der Waals surface area contributed by atoms with E-state index in [9.17, 15) is 0 Å². The number of para-hydroxylation sites is 3. The van der Waals surface area contributed by atoms with Crippen LogP contribution >= 0.6 is 0 Å². The van der Waals surface area contributed by atoms with Crippen molar-refractivity contribution >= 4 is 60.8 Å². The molecule has 1 aliphatic carbocycles. The number of aromatic nitrogens is 1. The summed E-state index contributed by atoms with van der Waals surface area (Å²) in [5.41, 5.74) is 17.9. The van der Waals surface area contributed by atoms with Gasteiger partial charge in [0, 0.05) is 44.3 Å². The van der Waals surface area contributed by atoms with Gasteiger partial charge in [0.25, 0.3) is 0 Å². The molecule has 0 unspecified atom stereocenters. The van der Waals surface area contributed by atoms with Crippen LogP contribution in [0.15, 0.2) is 247 Å². The summed E-state index contributed by atoms with van der Waals surface area (Å²) < 4.78 is 8.71. The van der Waals surface area contributed by atoms with E-state index in [1.807, 2.05) is 12.1 Å². The van der Waals surface area contributed by atoms with Crippen molar-refractivity contribution in [2.24, 2.45) is 0 Å². The molecule has 3 heteroatoms. The van der Waals surface area contributed by atoms with Gasteiger partial charge in [-0.15, -0.1) is 0 Å². The molecule has 0 aliphatic heterocycles. The number of hydrogen-bond acceptors (Lipinski definition) is 2. The molecular formula is C61H40N2O. The lowest BCUT2D eigenvalue weighted by Crippen LogP contribution is -2.28. The first kappa shape index (κ1) is 36.3. The Kier molecular flexibility index (Phi) is 8.13. The minimum atomic E-state index is -0.478. The second-order valence-electron chi connectivity index (χ2n) is 16.8. The summed E-state index contributed by atoms with van der Waals surface area (Å²) in [5, 5.41) is 4.75. The Bertz CT molecular complexity index is 3640. The molecule has 0 amide bonds. The molecule has 0 spiro atoms. The largest absolute Gasteiger partial charge is 0.456 e. The van der Waals surface area contributed by atoms with Crippen LogP contribution in [0.4, 0.5) is 17.1 Å². The summed E-state index contributed by atoms with van der Waals surface area (Å²) in [6.45, 7) is 0. The normalized spacial score (nSPS) is 12.8. The number of hydrogen-bond donors (Lipinski definition) is 0. The third-order valence-corrected chi connectivity index (χ3v) is 13.5. The zero-order valence-electron chi connectivity index (χ0n) is 34.9. The van der Waals surface area contributed by atoms with Crippen molar-refractivity contribution in [3.05, 3.63) is 265 Å². The molecule has 2 aromatic heterocycles. The second kappa shape index (κ2) is 14.3. The van der Waals surface area contributed by atoms with Crippen LogP contribution in [0.25, 0.3) is 71.7 Å². The third-order valence-electron chi connectivity index (χ3n) is 13.5. The third kappa shape index (κ3) is 5.34. The summed E-state index contributed by atoms with van der Waals surface area (Å²) in [7, 11) is 0. The minimum Gasteiger partial charge on any atom is -0.456 e. The van der Waals surface area contributed by atoms with Gasteiger partial charge in [0.05, 0.1) is 16.4 Å². The molecular weight excluding hydrogens is 777 g/mol. The summed E-state index contributed by atoms with van der Waals surface area (Å²) in [6.07, 6.45) is 0. The van der Waals surface area contributed by atoms with Crippen molar-refractivity contribution in [3.8, 4) is 27.9 Å². The minimum absolute atomic E-state index is 0.478. The number of rotatable bonds is 7. The fourth-order valence-corrected chi connectivity index (χ4v) is 10.8. The SMILES string of the molecule is c1ccc(C2(c3ccccc3)c3ccccc3-c3cc(N(c4ccc(-c5cccc6oc7ccccc7c56)cc4)c4cccc(-n5c6ccccc6c6ccccc65)c4)ccc32)cc1. The van der Waals surface area contributed by atoms with E-state index in [1.54, 1.807) is 0 Å². The maximum Gasteiger partial charge on any atom is 0.136 e. The molecule has 12 aromatic rings. The van der Waals surface area contributed by atoms with Crippen molar-refractivity contribution in [1.29, 1.82) is 0 Å². The van der Waals surface area contributed by atoms with Crippen LogP contribution in [0.1, 0.15) is 22.3 Å². The molecule has 300 valence electrons. The van der Waals surface area contributed by atoms with Gasteiger partial charge >= 0.3 is 0 Å². The standard InChI is InChI=1S/C61H40N2O/c1-3-17-42(18-4-1)61(43-19-5-2-6-20-43)54-28-11-7-23-49(54)53-40-47(37-38-55(53)61)62(44-35-33-41(34-36-44)48-27-16-32-59-60(48)52-26-10-14-31-58(52)64-59)45-21-15-22-46(39-45)63-56-29-12-8-24-50(56)51-25-9-13-30-57(51)63/h1-40H. The van der Waals surface area contributed by atoms with Crippen LogP contribution in [0, 0.1) is 0 Å².